The highest BCUT2D eigenvalue weighted by Gasteiger charge is 1.93. The van der Waals surface area contributed by atoms with Gasteiger partial charge in [0.05, 0.1) is 0 Å². The van der Waals surface area contributed by atoms with E-state index in [9.17, 15) is 0 Å². The molecule has 0 aliphatic carbocycles. The lowest BCUT2D eigenvalue weighted by Gasteiger charge is -2.00. The number of allylic oxidation sites excluding steroid dienone is 1. The highest BCUT2D eigenvalue weighted by Crippen LogP contribution is 2.01. The van der Waals surface area contributed by atoms with Crippen LogP contribution in [0.5, 0.6) is 0 Å². The van der Waals surface area contributed by atoms with Crippen LogP contribution in [0.25, 0.3) is 0 Å². The van der Waals surface area contributed by atoms with Gasteiger partial charge in [0.1, 0.15) is 0 Å². The molecule has 12 heavy (non-hydrogen) atoms. The molecule has 0 spiro atoms. The van der Waals surface area contributed by atoms with Gasteiger partial charge in [-0.25, -0.2) is 0 Å². The summed E-state index contributed by atoms with van der Waals surface area (Å²) < 4.78 is 2.06. The standard InChI is InChI=1S/C10H18IN/c1-3-6-10(7-5-8-11)12-9-4-2/h5,8H,3-4,6-7,9H2,1-2H3/b8-5+,12-10+. The third-order valence-corrected chi connectivity index (χ3v) is 2.05. The van der Waals surface area contributed by atoms with Gasteiger partial charge in [0.2, 0.25) is 0 Å². The van der Waals surface area contributed by atoms with Crippen LogP contribution in [-0.4, -0.2) is 12.3 Å². The Morgan fingerprint density at radius 3 is 2.58 bits per heavy atom. The second kappa shape index (κ2) is 9.23. The van der Waals surface area contributed by atoms with E-state index in [4.69, 9.17) is 0 Å². The Bertz CT molecular complexity index is 150. The SMILES string of the molecule is CCC/N=C(/C/C=C/I)CCC. The molecule has 0 fully saturated rings. The van der Waals surface area contributed by atoms with Crippen LogP contribution in [0.3, 0.4) is 0 Å². The topological polar surface area (TPSA) is 12.4 Å². The first-order valence-corrected chi connectivity index (χ1v) is 5.87. The molecule has 0 bridgehead atoms. The lowest BCUT2D eigenvalue weighted by atomic mass is 10.1. The molecule has 2 heteroatoms. The van der Waals surface area contributed by atoms with Crippen LogP contribution < -0.4 is 0 Å². The summed E-state index contributed by atoms with van der Waals surface area (Å²) in [6, 6.07) is 0. The molecular weight excluding hydrogens is 261 g/mol. The molecule has 0 aliphatic rings. The lowest BCUT2D eigenvalue weighted by Crippen LogP contribution is -1.97. The van der Waals surface area contributed by atoms with E-state index in [-0.39, 0.29) is 0 Å². The summed E-state index contributed by atoms with van der Waals surface area (Å²) in [5.41, 5.74) is 1.35. The van der Waals surface area contributed by atoms with Crippen molar-refractivity contribution >= 4 is 28.3 Å². The average Bonchev–Trinajstić information content (AvgIpc) is 2.10. The highest BCUT2D eigenvalue weighted by molar-refractivity contribution is 14.1. The smallest absolute Gasteiger partial charge is 0.0386 e. The van der Waals surface area contributed by atoms with E-state index >= 15 is 0 Å². The normalized spacial score (nSPS) is 12.8. The van der Waals surface area contributed by atoms with E-state index in [0.29, 0.717) is 0 Å². The number of halogens is 1. The second-order valence-electron chi connectivity index (χ2n) is 2.76. The first kappa shape index (κ1) is 12.1. The fourth-order valence-corrected chi connectivity index (χ4v) is 1.24. The zero-order valence-corrected chi connectivity index (χ0v) is 10.2. The summed E-state index contributed by atoms with van der Waals surface area (Å²) >= 11 is 2.25. The van der Waals surface area contributed by atoms with Gasteiger partial charge in [0, 0.05) is 18.7 Å². The fraction of sp³-hybridized carbons (Fsp3) is 0.700. The van der Waals surface area contributed by atoms with Gasteiger partial charge in [0.15, 0.2) is 0 Å². The molecule has 0 aromatic rings. The Morgan fingerprint density at radius 1 is 1.33 bits per heavy atom. The van der Waals surface area contributed by atoms with E-state index in [1.807, 2.05) is 0 Å². The van der Waals surface area contributed by atoms with E-state index in [0.717, 1.165) is 25.8 Å². The molecule has 0 aliphatic heterocycles. The molecule has 70 valence electrons. The lowest BCUT2D eigenvalue weighted by molar-refractivity contribution is 0.901. The second-order valence-corrected chi connectivity index (χ2v) is 3.48. The zero-order chi connectivity index (χ0) is 9.23. The van der Waals surface area contributed by atoms with Crippen LogP contribution in [0.15, 0.2) is 15.2 Å². The molecule has 0 amide bonds. The first-order valence-electron chi connectivity index (χ1n) is 4.62. The number of rotatable bonds is 6. The van der Waals surface area contributed by atoms with Crippen LogP contribution in [0.4, 0.5) is 0 Å². The molecule has 0 unspecified atom stereocenters. The number of hydrogen-bond acceptors (Lipinski definition) is 1. The van der Waals surface area contributed by atoms with Crippen molar-refractivity contribution in [2.45, 2.75) is 39.5 Å². The number of nitrogens with zero attached hydrogens (tertiary/aromatic N) is 1. The molecule has 1 nitrogen and oxygen atoms in total. The summed E-state index contributed by atoms with van der Waals surface area (Å²) in [6.07, 6.45) is 6.72. The number of aliphatic imine (C=N–C) groups is 1. The van der Waals surface area contributed by atoms with Crippen LogP contribution in [0, 0.1) is 0 Å². The Hall–Kier alpha value is 0.140. The Kier molecular flexibility index (Phi) is 9.34. The summed E-state index contributed by atoms with van der Waals surface area (Å²) in [6.45, 7) is 5.36. The minimum Gasteiger partial charge on any atom is -0.294 e. The molecule has 0 atom stereocenters. The fourth-order valence-electron chi connectivity index (χ4n) is 0.985. The van der Waals surface area contributed by atoms with E-state index in [2.05, 4.69) is 51.6 Å². The minimum atomic E-state index is 0.990. The van der Waals surface area contributed by atoms with Gasteiger partial charge in [-0.1, -0.05) is 48.9 Å². The van der Waals surface area contributed by atoms with E-state index in [1.54, 1.807) is 0 Å². The highest BCUT2D eigenvalue weighted by atomic mass is 127. The van der Waals surface area contributed by atoms with Crippen LogP contribution >= 0.6 is 22.6 Å². The van der Waals surface area contributed by atoms with Crippen molar-refractivity contribution in [2.24, 2.45) is 4.99 Å². The van der Waals surface area contributed by atoms with Gasteiger partial charge >= 0.3 is 0 Å². The Labute approximate surface area is 89.5 Å². The van der Waals surface area contributed by atoms with Crippen LogP contribution in [0.2, 0.25) is 0 Å². The molecule has 0 aromatic carbocycles. The maximum atomic E-state index is 4.53. The average molecular weight is 279 g/mol. The van der Waals surface area contributed by atoms with Crippen LogP contribution in [0.1, 0.15) is 39.5 Å². The van der Waals surface area contributed by atoms with Crippen molar-refractivity contribution in [1.82, 2.24) is 0 Å². The van der Waals surface area contributed by atoms with Crippen molar-refractivity contribution in [3.63, 3.8) is 0 Å². The van der Waals surface area contributed by atoms with Gasteiger partial charge in [-0.3, -0.25) is 4.99 Å². The predicted molar refractivity (Wildman–Crippen MR) is 65.3 cm³/mol. The van der Waals surface area contributed by atoms with Crippen LogP contribution in [-0.2, 0) is 0 Å². The molecule has 0 saturated carbocycles. The first-order chi connectivity index (χ1) is 5.85. The van der Waals surface area contributed by atoms with Gasteiger partial charge in [-0.15, -0.1) is 0 Å². The van der Waals surface area contributed by atoms with Gasteiger partial charge < -0.3 is 0 Å². The molecule has 0 aromatic heterocycles. The quantitative estimate of drug-likeness (QED) is 0.515. The molecule has 0 radical (unpaired) electrons. The monoisotopic (exact) mass is 279 g/mol. The van der Waals surface area contributed by atoms with Crippen molar-refractivity contribution in [2.75, 3.05) is 6.54 Å². The third-order valence-electron chi connectivity index (χ3n) is 1.54. The Balaban J connectivity index is 3.84. The molecule has 0 heterocycles. The zero-order valence-electron chi connectivity index (χ0n) is 8.02. The van der Waals surface area contributed by atoms with Crippen molar-refractivity contribution in [3.8, 4) is 0 Å². The summed E-state index contributed by atoms with van der Waals surface area (Å²) in [5.74, 6) is 0. The largest absolute Gasteiger partial charge is 0.294 e. The molecule has 0 rings (SSSR count). The maximum absolute atomic E-state index is 4.53. The molecule has 0 N–H and O–H groups in total. The summed E-state index contributed by atoms with van der Waals surface area (Å²) in [7, 11) is 0. The van der Waals surface area contributed by atoms with Gasteiger partial charge in [0.25, 0.3) is 0 Å². The number of hydrogen-bond donors (Lipinski definition) is 0. The molecular formula is C10H18IN. The summed E-state index contributed by atoms with van der Waals surface area (Å²) in [4.78, 5) is 4.53. The van der Waals surface area contributed by atoms with E-state index in [1.165, 1.54) is 12.1 Å². The summed E-state index contributed by atoms with van der Waals surface area (Å²) in [5, 5.41) is 0. The Morgan fingerprint density at radius 2 is 2.08 bits per heavy atom. The van der Waals surface area contributed by atoms with Crippen molar-refractivity contribution < 1.29 is 0 Å². The van der Waals surface area contributed by atoms with Crippen molar-refractivity contribution in [3.05, 3.63) is 10.2 Å². The molecule has 0 saturated heterocycles. The minimum absolute atomic E-state index is 0.990. The van der Waals surface area contributed by atoms with Gasteiger partial charge in [-0.2, -0.15) is 0 Å². The third kappa shape index (κ3) is 6.83. The van der Waals surface area contributed by atoms with Crippen molar-refractivity contribution in [1.29, 1.82) is 0 Å². The van der Waals surface area contributed by atoms with E-state index < -0.39 is 0 Å². The predicted octanol–water partition coefficient (Wildman–Crippen LogP) is 3.98. The van der Waals surface area contributed by atoms with Gasteiger partial charge in [-0.05, 0) is 16.9 Å². The maximum Gasteiger partial charge on any atom is 0.0386 e.